The molecule has 25 heavy (non-hydrogen) atoms. The van der Waals surface area contributed by atoms with Crippen LogP contribution < -0.4 is 0 Å². The first kappa shape index (κ1) is 24.4. The SMILES string of the molecule is CCCCCCCCCCCCCCCCC(=O)OCCCN(C)C. The zero-order valence-electron chi connectivity index (χ0n) is 17.5. The van der Waals surface area contributed by atoms with Crippen LogP contribution >= 0.6 is 0 Å². The number of nitrogens with zero attached hydrogens (tertiary/aromatic N) is 1. The molecule has 0 spiro atoms. The molecule has 0 heterocycles. The Morgan fingerprint density at radius 2 is 1.12 bits per heavy atom. The lowest BCUT2D eigenvalue weighted by Gasteiger charge is -2.09. The maximum Gasteiger partial charge on any atom is 0.305 e. The van der Waals surface area contributed by atoms with E-state index in [9.17, 15) is 4.79 Å². The summed E-state index contributed by atoms with van der Waals surface area (Å²) in [6.45, 7) is 3.82. The lowest BCUT2D eigenvalue weighted by molar-refractivity contribution is -0.143. The molecule has 0 N–H and O–H groups in total. The minimum Gasteiger partial charge on any atom is -0.466 e. The quantitative estimate of drug-likeness (QED) is 0.200. The fourth-order valence-corrected chi connectivity index (χ4v) is 3.10. The van der Waals surface area contributed by atoms with Crippen LogP contribution in [0.4, 0.5) is 0 Å². The van der Waals surface area contributed by atoms with Crippen molar-refractivity contribution in [1.82, 2.24) is 4.90 Å². The van der Waals surface area contributed by atoms with Gasteiger partial charge in [-0.1, -0.05) is 90.4 Å². The van der Waals surface area contributed by atoms with Crippen molar-refractivity contribution in [2.24, 2.45) is 0 Å². The number of ether oxygens (including phenoxy) is 1. The second-order valence-corrected chi connectivity index (χ2v) is 7.72. The van der Waals surface area contributed by atoms with Gasteiger partial charge in [-0.25, -0.2) is 0 Å². The van der Waals surface area contributed by atoms with Crippen LogP contribution in [0.15, 0.2) is 0 Å². The van der Waals surface area contributed by atoms with Gasteiger partial charge in [0.1, 0.15) is 0 Å². The predicted octanol–water partition coefficient (Wildman–Crippen LogP) is 6.35. The van der Waals surface area contributed by atoms with E-state index in [1.54, 1.807) is 0 Å². The molecule has 0 radical (unpaired) electrons. The average molecular weight is 356 g/mol. The van der Waals surface area contributed by atoms with Crippen LogP contribution in [0.1, 0.15) is 110 Å². The van der Waals surface area contributed by atoms with Crippen molar-refractivity contribution in [2.75, 3.05) is 27.2 Å². The first-order chi connectivity index (χ1) is 12.2. The number of rotatable bonds is 19. The van der Waals surface area contributed by atoms with Gasteiger partial charge in [-0.3, -0.25) is 4.79 Å². The van der Waals surface area contributed by atoms with Gasteiger partial charge in [-0.15, -0.1) is 0 Å². The van der Waals surface area contributed by atoms with E-state index in [0.717, 1.165) is 19.4 Å². The molecule has 0 fully saturated rings. The Hall–Kier alpha value is -0.570. The summed E-state index contributed by atoms with van der Waals surface area (Å²) >= 11 is 0. The van der Waals surface area contributed by atoms with E-state index in [0.29, 0.717) is 13.0 Å². The number of carbonyl (C=O) groups excluding carboxylic acids is 1. The van der Waals surface area contributed by atoms with Crippen LogP contribution in [0.3, 0.4) is 0 Å². The zero-order valence-corrected chi connectivity index (χ0v) is 17.5. The van der Waals surface area contributed by atoms with Gasteiger partial charge in [-0.05, 0) is 26.9 Å². The van der Waals surface area contributed by atoms with Crippen LogP contribution in [0.2, 0.25) is 0 Å². The molecule has 0 unspecified atom stereocenters. The van der Waals surface area contributed by atoms with Crippen LogP contribution in [-0.2, 0) is 9.53 Å². The summed E-state index contributed by atoms with van der Waals surface area (Å²) in [6, 6.07) is 0. The summed E-state index contributed by atoms with van der Waals surface area (Å²) < 4.78 is 5.24. The van der Waals surface area contributed by atoms with Gasteiger partial charge in [0.05, 0.1) is 6.61 Å². The molecule has 0 atom stereocenters. The molecule has 0 aliphatic rings. The zero-order chi connectivity index (χ0) is 18.6. The minimum absolute atomic E-state index is 0.0160. The summed E-state index contributed by atoms with van der Waals surface area (Å²) in [4.78, 5) is 13.7. The summed E-state index contributed by atoms with van der Waals surface area (Å²) in [5, 5.41) is 0. The van der Waals surface area contributed by atoms with E-state index in [4.69, 9.17) is 4.74 Å². The average Bonchev–Trinajstić information content (AvgIpc) is 2.59. The smallest absolute Gasteiger partial charge is 0.305 e. The second kappa shape index (κ2) is 19.8. The van der Waals surface area contributed by atoms with Crippen molar-refractivity contribution in [3.63, 3.8) is 0 Å². The summed E-state index contributed by atoms with van der Waals surface area (Å²) in [7, 11) is 4.08. The Morgan fingerprint density at radius 3 is 1.56 bits per heavy atom. The van der Waals surface area contributed by atoms with Crippen molar-refractivity contribution >= 4 is 5.97 Å². The van der Waals surface area contributed by atoms with Gasteiger partial charge >= 0.3 is 5.97 Å². The highest BCUT2D eigenvalue weighted by atomic mass is 16.5. The van der Waals surface area contributed by atoms with Crippen molar-refractivity contribution in [2.45, 2.75) is 110 Å². The number of esters is 1. The first-order valence-electron chi connectivity index (χ1n) is 11.0. The molecule has 0 aromatic rings. The number of carbonyl (C=O) groups is 1. The molecule has 0 aliphatic heterocycles. The number of hydrogen-bond acceptors (Lipinski definition) is 3. The molecule has 3 heteroatoms. The third-order valence-corrected chi connectivity index (χ3v) is 4.75. The molecule has 0 rings (SSSR count). The summed E-state index contributed by atoms with van der Waals surface area (Å²) in [6.07, 6.45) is 20.4. The van der Waals surface area contributed by atoms with Crippen LogP contribution in [0.5, 0.6) is 0 Å². The Kier molecular flexibility index (Phi) is 19.3. The van der Waals surface area contributed by atoms with Crippen molar-refractivity contribution in [3.05, 3.63) is 0 Å². The molecule has 0 aliphatic carbocycles. The fourth-order valence-electron chi connectivity index (χ4n) is 3.10. The molecular weight excluding hydrogens is 310 g/mol. The number of unbranched alkanes of at least 4 members (excludes halogenated alkanes) is 13. The van der Waals surface area contributed by atoms with E-state index >= 15 is 0 Å². The molecule has 0 aromatic heterocycles. The van der Waals surface area contributed by atoms with Gasteiger partial charge in [0.2, 0.25) is 0 Å². The molecule has 0 saturated carbocycles. The highest BCUT2D eigenvalue weighted by Gasteiger charge is 2.02. The summed E-state index contributed by atoms with van der Waals surface area (Å²) in [5.41, 5.74) is 0. The van der Waals surface area contributed by atoms with E-state index in [2.05, 4.69) is 11.8 Å². The second-order valence-electron chi connectivity index (χ2n) is 7.72. The Balaban J connectivity index is 3.12. The van der Waals surface area contributed by atoms with Crippen LogP contribution in [0, 0.1) is 0 Å². The highest BCUT2D eigenvalue weighted by molar-refractivity contribution is 5.69. The number of hydrogen-bond donors (Lipinski definition) is 0. The summed E-state index contributed by atoms with van der Waals surface area (Å²) in [5.74, 6) is -0.0160. The lowest BCUT2D eigenvalue weighted by atomic mass is 10.0. The molecular formula is C22H45NO2. The van der Waals surface area contributed by atoms with Gasteiger partial charge in [0, 0.05) is 13.0 Å². The largest absolute Gasteiger partial charge is 0.466 e. The van der Waals surface area contributed by atoms with E-state index < -0.39 is 0 Å². The minimum atomic E-state index is -0.0160. The van der Waals surface area contributed by atoms with Crippen LogP contribution in [0.25, 0.3) is 0 Å². The topological polar surface area (TPSA) is 29.5 Å². The Bertz CT molecular complexity index is 279. The maximum atomic E-state index is 11.6. The van der Waals surface area contributed by atoms with Crippen molar-refractivity contribution < 1.29 is 9.53 Å². The third-order valence-electron chi connectivity index (χ3n) is 4.75. The van der Waals surface area contributed by atoms with Gasteiger partial charge in [-0.2, -0.15) is 0 Å². The van der Waals surface area contributed by atoms with Crippen molar-refractivity contribution in [1.29, 1.82) is 0 Å². The molecule has 0 bridgehead atoms. The van der Waals surface area contributed by atoms with E-state index in [1.807, 2.05) is 14.1 Å². The Labute approximate surface area is 157 Å². The van der Waals surface area contributed by atoms with Crippen LogP contribution in [-0.4, -0.2) is 38.1 Å². The predicted molar refractivity (Wildman–Crippen MR) is 109 cm³/mol. The molecule has 0 amide bonds. The normalized spacial score (nSPS) is 11.2. The molecule has 0 aromatic carbocycles. The van der Waals surface area contributed by atoms with Gasteiger partial charge in [0.25, 0.3) is 0 Å². The monoisotopic (exact) mass is 355 g/mol. The lowest BCUT2D eigenvalue weighted by Crippen LogP contribution is -2.16. The standard InChI is InChI=1S/C22H45NO2/c1-4-5-6-7-8-9-10-11-12-13-14-15-16-17-19-22(24)25-21-18-20-23(2)3/h4-21H2,1-3H3. The Morgan fingerprint density at radius 1 is 0.680 bits per heavy atom. The first-order valence-corrected chi connectivity index (χ1v) is 11.0. The maximum absolute atomic E-state index is 11.6. The van der Waals surface area contributed by atoms with E-state index in [1.165, 1.54) is 83.5 Å². The highest BCUT2D eigenvalue weighted by Crippen LogP contribution is 2.13. The molecule has 0 saturated heterocycles. The van der Waals surface area contributed by atoms with Crippen molar-refractivity contribution in [3.8, 4) is 0 Å². The van der Waals surface area contributed by atoms with Gasteiger partial charge < -0.3 is 9.64 Å². The van der Waals surface area contributed by atoms with Gasteiger partial charge in [0.15, 0.2) is 0 Å². The molecule has 3 nitrogen and oxygen atoms in total. The fraction of sp³-hybridized carbons (Fsp3) is 0.955. The molecule has 150 valence electrons. The third kappa shape index (κ3) is 21.4. The van der Waals surface area contributed by atoms with E-state index in [-0.39, 0.29) is 5.97 Å².